The van der Waals surface area contributed by atoms with Gasteiger partial charge in [-0.05, 0) is 43.2 Å². The highest BCUT2D eigenvalue weighted by Gasteiger charge is 2.49. The largest absolute Gasteiger partial charge is 0.462 e. The van der Waals surface area contributed by atoms with Crippen molar-refractivity contribution in [3.05, 3.63) is 35.9 Å². The summed E-state index contributed by atoms with van der Waals surface area (Å²) >= 11 is 0. The Labute approximate surface area is 193 Å². The first kappa shape index (κ1) is 24.9. The molecule has 182 valence electrons. The molecule has 0 saturated carbocycles. The number of primary amides is 1. The van der Waals surface area contributed by atoms with Crippen molar-refractivity contribution in [1.29, 1.82) is 0 Å². The highest BCUT2D eigenvalue weighted by Crippen LogP contribution is 2.31. The van der Waals surface area contributed by atoms with Gasteiger partial charge in [-0.25, -0.2) is 13.8 Å². The molecular weight excluding hydrogens is 454 g/mol. The van der Waals surface area contributed by atoms with E-state index in [9.17, 15) is 22.8 Å². The smallest absolute Gasteiger partial charge is 0.421 e. The molecule has 3 amide bonds. The van der Waals surface area contributed by atoms with Crippen LogP contribution in [-0.4, -0.2) is 68.1 Å². The summed E-state index contributed by atoms with van der Waals surface area (Å²) in [4.78, 5) is 37.1. The van der Waals surface area contributed by atoms with Crippen molar-refractivity contribution >= 4 is 28.3 Å². The SMILES string of the molecule is CC(C)(CCCOC(=O)c1ccccc1)COS(=O)(=O)ON1C(=O)N2C[C@H]1CC[C@H]2C(N)=O. The van der Waals surface area contributed by atoms with E-state index in [1.54, 1.807) is 44.2 Å². The van der Waals surface area contributed by atoms with E-state index in [2.05, 4.69) is 0 Å². The topological polar surface area (TPSA) is 146 Å². The third-order valence-electron chi connectivity index (χ3n) is 5.66. The fourth-order valence-corrected chi connectivity index (χ4v) is 4.71. The van der Waals surface area contributed by atoms with Crippen molar-refractivity contribution in [2.24, 2.45) is 11.1 Å². The van der Waals surface area contributed by atoms with E-state index in [0.717, 1.165) is 5.06 Å². The Balaban J connectivity index is 1.44. The predicted octanol–water partition coefficient (Wildman–Crippen LogP) is 1.60. The summed E-state index contributed by atoms with van der Waals surface area (Å²) in [6.45, 7) is 3.76. The van der Waals surface area contributed by atoms with E-state index < -0.39 is 45.8 Å². The van der Waals surface area contributed by atoms with Crippen LogP contribution < -0.4 is 5.73 Å². The van der Waals surface area contributed by atoms with Crippen LogP contribution in [-0.2, 0) is 28.4 Å². The quantitative estimate of drug-likeness (QED) is 0.369. The molecular formula is C21H29N3O8S. The molecule has 1 aromatic carbocycles. The van der Waals surface area contributed by atoms with E-state index >= 15 is 0 Å². The summed E-state index contributed by atoms with van der Waals surface area (Å²) in [6.07, 6.45) is 1.75. The first-order valence-electron chi connectivity index (χ1n) is 10.7. The summed E-state index contributed by atoms with van der Waals surface area (Å²) < 4.78 is 39.9. The number of fused-ring (bicyclic) bond motifs is 2. The molecule has 2 atom stereocenters. The molecule has 2 saturated heterocycles. The normalized spacial score (nSPS) is 20.7. The molecule has 0 aromatic heterocycles. The molecule has 0 radical (unpaired) electrons. The maximum atomic E-state index is 12.5. The van der Waals surface area contributed by atoms with E-state index in [-0.39, 0.29) is 19.8 Å². The number of nitrogens with two attached hydrogens (primary N) is 1. The molecule has 1 aromatic rings. The molecule has 33 heavy (non-hydrogen) atoms. The van der Waals surface area contributed by atoms with Crippen LogP contribution in [0.3, 0.4) is 0 Å². The molecule has 3 rings (SSSR count). The molecule has 0 spiro atoms. The zero-order chi connectivity index (χ0) is 24.2. The van der Waals surface area contributed by atoms with Gasteiger partial charge in [-0.3, -0.25) is 4.79 Å². The molecule has 2 heterocycles. The van der Waals surface area contributed by atoms with Gasteiger partial charge >= 0.3 is 22.4 Å². The maximum Gasteiger partial charge on any atom is 0.421 e. The average molecular weight is 484 g/mol. The number of rotatable bonds is 11. The lowest BCUT2D eigenvalue weighted by molar-refractivity contribution is -0.122. The average Bonchev–Trinajstić information content (AvgIpc) is 3.00. The van der Waals surface area contributed by atoms with Crippen molar-refractivity contribution in [3.63, 3.8) is 0 Å². The number of carbonyl (C=O) groups is 3. The zero-order valence-corrected chi connectivity index (χ0v) is 19.5. The van der Waals surface area contributed by atoms with Crippen LogP contribution in [0.1, 0.15) is 49.9 Å². The number of ether oxygens (including phenoxy) is 1. The summed E-state index contributed by atoms with van der Waals surface area (Å²) in [5.74, 6) is -1.06. The molecule has 2 fully saturated rings. The minimum absolute atomic E-state index is 0.162. The number of amides is 3. The standard InChI is InChI=1S/C21H29N3O8S/c1-21(2,11-6-12-30-19(26)15-7-4-3-5-8-15)14-31-33(28,29)32-24-16-9-10-17(18(22)25)23(13-16)20(24)27/h3-5,7-8,16-17H,6,9-14H2,1-2H3,(H2,22,25)/t16-,17+/m1/s1. The van der Waals surface area contributed by atoms with Gasteiger partial charge in [0.1, 0.15) is 6.04 Å². The van der Waals surface area contributed by atoms with Crippen LogP contribution in [0.25, 0.3) is 0 Å². The van der Waals surface area contributed by atoms with E-state index in [4.69, 9.17) is 18.9 Å². The fraction of sp³-hybridized carbons (Fsp3) is 0.571. The molecule has 2 N–H and O–H groups in total. The lowest BCUT2D eigenvalue weighted by Crippen LogP contribution is -2.47. The second-order valence-corrected chi connectivity index (χ2v) is 10.1. The van der Waals surface area contributed by atoms with E-state index in [1.807, 2.05) is 0 Å². The van der Waals surface area contributed by atoms with Crippen molar-refractivity contribution < 1.29 is 36.0 Å². The van der Waals surface area contributed by atoms with Crippen molar-refractivity contribution in [1.82, 2.24) is 9.96 Å². The zero-order valence-electron chi connectivity index (χ0n) is 18.6. The molecule has 12 heteroatoms. The van der Waals surface area contributed by atoms with Crippen LogP contribution in [0.15, 0.2) is 30.3 Å². The van der Waals surface area contributed by atoms with Gasteiger partial charge in [0.05, 0.1) is 24.8 Å². The van der Waals surface area contributed by atoms with Gasteiger partial charge in [-0.1, -0.05) is 32.0 Å². The van der Waals surface area contributed by atoms with Gasteiger partial charge < -0.3 is 15.4 Å². The Morgan fingerprint density at radius 3 is 2.55 bits per heavy atom. The fourth-order valence-electron chi connectivity index (χ4n) is 3.82. The van der Waals surface area contributed by atoms with Crippen LogP contribution in [0.5, 0.6) is 0 Å². The number of esters is 1. The molecule has 2 aliphatic rings. The Kier molecular flexibility index (Phi) is 7.60. The van der Waals surface area contributed by atoms with Crippen LogP contribution >= 0.6 is 0 Å². The van der Waals surface area contributed by atoms with Gasteiger partial charge in [0.25, 0.3) is 0 Å². The van der Waals surface area contributed by atoms with Crippen molar-refractivity contribution in [2.75, 3.05) is 19.8 Å². The number of nitrogens with zero attached hydrogens (tertiary/aromatic N) is 2. The predicted molar refractivity (Wildman–Crippen MR) is 116 cm³/mol. The van der Waals surface area contributed by atoms with Gasteiger partial charge in [-0.15, -0.1) is 4.28 Å². The molecule has 2 aliphatic heterocycles. The van der Waals surface area contributed by atoms with Crippen molar-refractivity contribution in [3.8, 4) is 0 Å². The third kappa shape index (κ3) is 6.42. The third-order valence-corrected chi connectivity index (χ3v) is 6.41. The van der Waals surface area contributed by atoms with Gasteiger partial charge in [0.15, 0.2) is 0 Å². The van der Waals surface area contributed by atoms with Crippen LogP contribution in [0.4, 0.5) is 4.79 Å². The lowest BCUT2D eigenvalue weighted by atomic mass is 9.89. The first-order chi connectivity index (χ1) is 15.5. The molecule has 2 bridgehead atoms. The van der Waals surface area contributed by atoms with E-state index in [1.165, 1.54) is 4.90 Å². The first-order valence-corrected chi connectivity index (χ1v) is 12.0. The number of urea groups is 1. The summed E-state index contributed by atoms with van der Waals surface area (Å²) in [7, 11) is -4.51. The van der Waals surface area contributed by atoms with Crippen LogP contribution in [0, 0.1) is 5.41 Å². The second kappa shape index (κ2) is 10.1. The highest BCUT2D eigenvalue weighted by molar-refractivity contribution is 7.81. The number of hydrogen-bond donors (Lipinski definition) is 1. The van der Waals surface area contributed by atoms with Crippen LogP contribution in [0.2, 0.25) is 0 Å². The highest BCUT2D eigenvalue weighted by atomic mass is 32.3. The van der Waals surface area contributed by atoms with Gasteiger partial charge in [-0.2, -0.15) is 13.5 Å². The summed E-state index contributed by atoms with van der Waals surface area (Å²) in [5.41, 5.74) is 5.21. The number of benzene rings is 1. The number of piperidine rings is 1. The minimum atomic E-state index is -4.51. The van der Waals surface area contributed by atoms with E-state index in [0.29, 0.717) is 31.2 Å². The second-order valence-electron chi connectivity index (χ2n) is 8.92. The number of carbonyl (C=O) groups excluding carboxylic acids is 3. The number of hydrogen-bond acceptors (Lipinski definition) is 8. The van der Waals surface area contributed by atoms with Gasteiger partial charge in [0, 0.05) is 6.54 Å². The number of hydroxylamine groups is 2. The Bertz CT molecular complexity index is 982. The minimum Gasteiger partial charge on any atom is -0.462 e. The Hall–Kier alpha value is -2.70. The summed E-state index contributed by atoms with van der Waals surface area (Å²) in [5, 5.41) is 0.744. The molecule has 11 nitrogen and oxygen atoms in total. The van der Waals surface area contributed by atoms with Gasteiger partial charge in [0.2, 0.25) is 5.91 Å². The maximum absolute atomic E-state index is 12.5. The Morgan fingerprint density at radius 2 is 1.88 bits per heavy atom. The monoisotopic (exact) mass is 483 g/mol. The lowest BCUT2D eigenvalue weighted by Gasteiger charge is -2.27. The molecule has 0 unspecified atom stereocenters. The van der Waals surface area contributed by atoms with Crippen molar-refractivity contribution in [2.45, 2.75) is 51.6 Å². The summed E-state index contributed by atoms with van der Waals surface area (Å²) in [6, 6.07) is 6.61. The molecule has 0 aliphatic carbocycles. The Morgan fingerprint density at radius 1 is 1.18 bits per heavy atom.